The van der Waals surface area contributed by atoms with Gasteiger partial charge in [0.2, 0.25) is 0 Å². The molecule has 0 fully saturated rings. The molecule has 0 amide bonds. The Bertz CT molecular complexity index is 653. The molecule has 124 valence electrons. The van der Waals surface area contributed by atoms with Crippen LogP contribution in [0.1, 0.15) is 45.7 Å². The molecule has 0 saturated carbocycles. The third-order valence-corrected chi connectivity index (χ3v) is 4.48. The summed E-state index contributed by atoms with van der Waals surface area (Å²) in [5.74, 6) is 1.37. The van der Waals surface area contributed by atoms with E-state index in [4.69, 9.17) is 10.5 Å². The largest absolute Gasteiger partial charge is 0.493 e. The van der Waals surface area contributed by atoms with Crippen LogP contribution in [-0.4, -0.2) is 13.2 Å². The van der Waals surface area contributed by atoms with Crippen LogP contribution in [0.15, 0.2) is 30.3 Å². The molecular weight excluding hydrogens is 282 g/mol. The summed E-state index contributed by atoms with van der Waals surface area (Å²) < 4.78 is 6.09. The quantitative estimate of drug-likeness (QED) is 0.836. The Morgan fingerprint density at radius 2 is 1.52 bits per heavy atom. The number of aryl methyl sites for hydroxylation is 5. The van der Waals surface area contributed by atoms with Crippen molar-refractivity contribution < 1.29 is 4.74 Å². The number of rotatable bonds is 6. The van der Waals surface area contributed by atoms with E-state index in [0.29, 0.717) is 19.1 Å². The highest BCUT2D eigenvalue weighted by molar-refractivity contribution is 5.43. The topological polar surface area (TPSA) is 35.2 Å². The van der Waals surface area contributed by atoms with Gasteiger partial charge in [0.15, 0.2) is 0 Å². The van der Waals surface area contributed by atoms with Crippen LogP contribution in [0.5, 0.6) is 5.75 Å². The SMILES string of the molecule is Cc1cc(C)c(OCCC(CN)c2cc(C)ccc2C)c(C)c1. The van der Waals surface area contributed by atoms with Gasteiger partial charge in [-0.25, -0.2) is 0 Å². The Hall–Kier alpha value is -1.80. The number of ether oxygens (including phenoxy) is 1. The number of nitrogens with two attached hydrogens (primary N) is 1. The second-order valence-corrected chi connectivity index (χ2v) is 6.66. The number of hydrogen-bond donors (Lipinski definition) is 1. The summed E-state index contributed by atoms with van der Waals surface area (Å²) in [6, 6.07) is 10.9. The van der Waals surface area contributed by atoms with Crippen molar-refractivity contribution in [2.75, 3.05) is 13.2 Å². The number of hydrogen-bond acceptors (Lipinski definition) is 2. The lowest BCUT2D eigenvalue weighted by Crippen LogP contribution is -2.17. The molecule has 0 aliphatic rings. The van der Waals surface area contributed by atoms with Crippen LogP contribution in [0.2, 0.25) is 0 Å². The van der Waals surface area contributed by atoms with Crippen LogP contribution in [0.3, 0.4) is 0 Å². The predicted octanol–water partition coefficient (Wildman–Crippen LogP) is 4.74. The highest BCUT2D eigenvalue weighted by atomic mass is 16.5. The van der Waals surface area contributed by atoms with E-state index in [1.54, 1.807) is 0 Å². The molecule has 0 radical (unpaired) electrons. The van der Waals surface area contributed by atoms with Crippen LogP contribution in [0.4, 0.5) is 0 Å². The first-order valence-corrected chi connectivity index (χ1v) is 8.40. The van der Waals surface area contributed by atoms with Gasteiger partial charge in [0.25, 0.3) is 0 Å². The first-order valence-electron chi connectivity index (χ1n) is 8.40. The minimum Gasteiger partial charge on any atom is -0.493 e. The summed E-state index contributed by atoms with van der Waals surface area (Å²) >= 11 is 0. The minimum atomic E-state index is 0.348. The molecule has 1 unspecified atom stereocenters. The van der Waals surface area contributed by atoms with Gasteiger partial charge in [0, 0.05) is 0 Å². The molecule has 23 heavy (non-hydrogen) atoms. The van der Waals surface area contributed by atoms with Crippen molar-refractivity contribution >= 4 is 0 Å². The lowest BCUT2D eigenvalue weighted by Gasteiger charge is -2.20. The van der Waals surface area contributed by atoms with Gasteiger partial charge in [0.05, 0.1) is 6.61 Å². The van der Waals surface area contributed by atoms with Gasteiger partial charge in [-0.05, 0) is 75.8 Å². The highest BCUT2D eigenvalue weighted by Crippen LogP contribution is 2.27. The summed E-state index contributed by atoms with van der Waals surface area (Å²) in [6.45, 7) is 12.0. The smallest absolute Gasteiger partial charge is 0.125 e. The Kier molecular flexibility index (Phi) is 5.84. The Labute approximate surface area is 140 Å². The van der Waals surface area contributed by atoms with E-state index in [-0.39, 0.29) is 0 Å². The van der Waals surface area contributed by atoms with Crippen molar-refractivity contribution in [2.24, 2.45) is 5.73 Å². The maximum Gasteiger partial charge on any atom is 0.125 e. The fourth-order valence-corrected chi connectivity index (χ4v) is 3.30. The maximum atomic E-state index is 6.09. The summed E-state index contributed by atoms with van der Waals surface area (Å²) in [6.07, 6.45) is 0.938. The first kappa shape index (κ1) is 17.6. The Balaban J connectivity index is 2.06. The maximum absolute atomic E-state index is 6.09. The van der Waals surface area contributed by atoms with Crippen LogP contribution >= 0.6 is 0 Å². The Morgan fingerprint density at radius 1 is 0.870 bits per heavy atom. The molecule has 0 heterocycles. The van der Waals surface area contributed by atoms with E-state index in [1.807, 2.05) is 0 Å². The van der Waals surface area contributed by atoms with Crippen LogP contribution < -0.4 is 10.5 Å². The molecule has 2 rings (SSSR count). The van der Waals surface area contributed by atoms with E-state index >= 15 is 0 Å². The molecular formula is C21H29NO. The molecule has 0 saturated heterocycles. The minimum absolute atomic E-state index is 0.348. The van der Waals surface area contributed by atoms with Gasteiger partial charge in [-0.15, -0.1) is 0 Å². The van der Waals surface area contributed by atoms with Crippen molar-refractivity contribution in [3.63, 3.8) is 0 Å². The zero-order chi connectivity index (χ0) is 17.0. The lowest BCUT2D eigenvalue weighted by molar-refractivity contribution is 0.294. The van der Waals surface area contributed by atoms with Gasteiger partial charge < -0.3 is 10.5 Å². The Morgan fingerprint density at radius 3 is 2.13 bits per heavy atom. The lowest BCUT2D eigenvalue weighted by atomic mass is 9.91. The van der Waals surface area contributed by atoms with Crippen molar-refractivity contribution in [2.45, 2.75) is 47.0 Å². The molecule has 0 aliphatic heterocycles. The molecule has 2 N–H and O–H groups in total. The van der Waals surface area contributed by atoms with Crippen molar-refractivity contribution in [3.05, 3.63) is 63.7 Å². The molecule has 2 heteroatoms. The molecule has 0 aromatic heterocycles. The fraction of sp³-hybridized carbons (Fsp3) is 0.429. The van der Waals surface area contributed by atoms with E-state index in [0.717, 1.165) is 12.2 Å². The van der Waals surface area contributed by atoms with E-state index in [1.165, 1.54) is 33.4 Å². The molecule has 2 nitrogen and oxygen atoms in total. The monoisotopic (exact) mass is 311 g/mol. The summed E-state index contributed by atoms with van der Waals surface area (Å²) in [5.41, 5.74) is 13.7. The molecule has 1 atom stereocenters. The standard InChI is InChI=1S/C21H29NO/c1-14-6-7-16(3)20(12-14)19(13-22)8-9-23-21-17(4)10-15(2)11-18(21)5/h6-7,10-12,19H,8-9,13,22H2,1-5H3. The molecule has 0 spiro atoms. The normalized spacial score (nSPS) is 12.3. The van der Waals surface area contributed by atoms with Crippen molar-refractivity contribution in [1.82, 2.24) is 0 Å². The van der Waals surface area contributed by atoms with Crippen LogP contribution in [0, 0.1) is 34.6 Å². The molecule has 2 aromatic rings. The summed E-state index contributed by atoms with van der Waals surface area (Å²) in [7, 11) is 0. The van der Waals surface area contributed by atoms with E-state index in [9.17, 15) is 0 Å². The zero-order valence-electron chi connectivity index (χ0n) is 15.1. The van der Waals surface area contributed by atoms with Gasteiger partial charge in [0.1, 0.15) is 5.75 Å². The number of benzene rings is 2. The van der Waals surface area contributed by atoms with Gasteiger partial charge in [-0.1, -0.05) is 41.5 Å². The van der Waals surface area contributed by atoms with Gasteiger partial charge in [-0.3, -0.25) is 0 Å². The first-order chi connectivity index (χ1) is 10.9. The molecule has 2 aromatic carbocycles. The fourth-order valence-electron chi connectivity index (χ4n) is 3.30. The van der Waals surface area contributed by atoms with E-state index in [2.05, 4.69) is 65.0 Å². The highest BCUT2D eigenvalue weighted by Gasteiger charge is 2.13. The summed E-state index contributed by atoms with van der Waals surface area (Å²) in [4.78, 5) is 0. The second kappa shape index (κ2) is 7.65. The van der Waals surface area contributed by atoms with Crippen molar-refractivity contribution in [1.29, 1.82) is 0 Å². The third-order valence-electron chi connectivity index (χ3n) is 4.48. The molecule has 0 aliphatic carbocycles. The van der Waals surface area contributed by atoms with Gasteiger partial charge >= 0.3 is 0 Å². The average molecular weight is 311 g/mol. The average Bonchev–Trinajstić information content (AvgIpc) is 2.48. The van der Waals surface area contributed by atoms with Crippen molar-refractivity contribution in [3.8, 4) is 5.75 Å². The third kappa shape index (κ3) is 4.35. The zero-order valence-corrected chi connectivity index (χ0v) is 15.1. The predicted molar refractivity (Wildman–Crippen MR) is 98.5 cm³/mol. The van der Waals surface area contributed by atoms with E-state index < -0.39 is 0 Å². The van der Waals surface area contributed by atoms with Crippen LogP contribution in [-0.2, 0) is 0 Å². The second-order valence-electron chi connectivity index (χ2n) is 6.66. The van der Waals surface area contributed by atoms with Gasteiger partial charge in [-0.2, -0.15) is 0 Å². The molecule has 0 bridgehead atoms. The van der Waals surface area contributed by atoms with Crippen LogP contribution in [0.25, 0.3) is 0 Å². The summed E-state index contributed by atoms with van der Waals surface area (Å²) in [5, 5.41) is 0.